The molecule has 2 rings (SSSR count). The molecule has 7 heteroatoms. The van der Waals surface area contributed by atoms with Gasteiger partial charge in [0.15, 0.2) is 10.2 Å². The number of ether oxygens (including phenoxy) is 1. The molecule has 23 heavy (non-hydrogen) atoms. The topological polar surface area (TPSA) is 74.6 Å². The van der Waals surface area contributed by atoms with Crippen LogP contribution in [0.15, 0.2) is 29.6 Å². The molecule has 1 heterocycles. The Labute approximate surface area is 144 Å². The Morgan fingerprint density at radius 1 is 1.39 bits per heavy atom. The number of rotatable bonds is 8. The van der Waals surface area contributed by atoms with Gasteiger partial charge in [-0.05, 0) is 30.5 Å². The fraction of sp³-hybridized carbons (Fsp3) is 0.438. The molecule has 0 saturated carbocycles. The first-order chi connectivity index (χ1) is 10.9. The zero-order chi connectivity index (χ0) is 16.9. The summed E-state index contributed by atoms with van der Waals surface area (Å²) >= 11 is 7.11. The van der Waals surface area contributed by atoms with Gasteiger partial charge in [-0.15, -0.1) is 11.3 Å². The number of aromatic nitrogens is 1. The minimum absolute atomic E-state index is 0.00219. The van der Waals surface area contributed by atoms with Gasteiger partial charge in [-0.25, -0.2) is 4.98 Å². The highest BCUT2D eigenvalue weighted by Crippen LogP contribution is 2.24. The first-order valence-corrected chi connectivity index (χ1v) is 8.60. The third kappa shape index (κ3) is 5.16. The predicted octanol–water partition coefficient (Wildman–Crippen LogP) is 2.73. The van der Waals surface area contributed by atoms with Crippen molar-refractivity contribution in [2.75, 3.05) is 19.8 Å². The van der Waals surface area contributed by atoms with Crippen molar-refractivity contribution in [1.82, 2.24) is 10.3 Å². The van der Waals surface area contributed by atoms with Gasteiger partial charge in [-0.3, -0.25) is 5.32 Å². The van der Waals surface area contributed by atoms with Crippen molar-refractivity contribution < 1.29 is 14.9 Å². The maximum absolute atomic E-state index is 10.5. The van der Waals surface area contributed by atoms with Gasteiger partial charge >= 0.3 is 0 Å². The summed E-state index contributed by atoms with van der Waals surface area (Å²) in [6, 6.07) is 7.71. The van der Waals surface area contributed by atoms with E-state index in [-0.39, 0.29) is 19.1 Å². The molecule has 0 aliphatic heterocycles. The van der Waals surface area contributed by atoms with Crippen molar-refractivity contribution in [2.45, 2.75) is 25.5 Å². The molecule has 0 saturated heterocycles. The van der Waals surface area contributed by atoms with Crippen LogP contribution in [0.3, 0.4) is 0 Å². The van der Waals surface area contributed by atoms with E-state index in [1.807, 2.05) is 24.3 Å². The first kappa shape index (κ1) is 18.2. The van der Waals surface area contributed by atoms with Crippen molar-refractivity contribution in [3.8, 4) is 5.75 Å². The number of halogens is 1. The zero-order valence-corrected chi connectivity index (χ0v) is 14.7. The van der Waals surface area contributed by atoms with E-state index >= 15 is 0 Å². The lowest BCUT2D eigenvalue weighted by molar-refractivity contribution is 0.0152. The Kier molecular flexibility index (Phi) is 6.38. The molecule has 0 amide bonds. The van der Waals surface area contributed by atoms with E-state index in [9.17, 15) is 5.11 Å². The molecular weight excluding hydrogens is 336 g/mol. The Hall–Kier alpha value is -1.18. The Morgan fingerprint density at radius 2 is 2.09 bits per heavy atom. The average Bonchev–Trinajstić information content (AvgIpc) is 2.98. The van der Waals surface area contributed by atoms with Crippen LogP contribution in [0, 0.1) is 0 Å². The zero-order valence-electron chi connectivity index (χ0n) is 13.1. The third-order valence-electron chi connectivity index (χ3n) is 3.54. The first-order valence-electron chi connectivity index (χ1n) is 7.35. The van der Waals surface area contributed by atoms with E-state index in [0.717, 1.165) is 11.3 Å². The van der Waals surface area contributed by atoms with Gasteiger partial charge in [0.05, 0.1) is 12.3 Å². The summed E-state index contributed by atoms with van der Waals surface area (Å²) in [5.74, 6) is 0.926. The van der Waals surface area contributed by atoms with Crippen LogP contribution in [-0.4, -0.2) is 35.0 Å². The summed E-state index contributed by atoms with van der Waals surface area (Å²) in [5, 5.41) is 24.1. The lowest BCUT2D eigenvalue weighted by Crippen LogP contribution is -2.41. The molecule has 0 spiro atoms. The van der Waals surface area contributed by atoms with Crippen molar-refractivity contribution in [3.63, 3.8) is 0 Å². The second kappa shape index (κ2) is 8.08. The van der Waals surface area contributed by atoms with E-state index in [2.05, 4.69) is 17.2 Å². The number of nitrogens with zero attached hydrogens (tertiary/aromatic N) is 1. The summed E-state index contributed by atoms with van der Waals surface area (Å²) in [6.07, 6.45) is 0. The highest BCUT2D eigenvalue weighted by molar-refractivity contribution is 7.13. The van der Waals surface area contributed by atoms with Crippen LogP contribution < -0.4 is 10.1 Å². The molecular formula is C16H21ClN2O3S. The van der Waals surface area contributed by atoms with E-state index in [0.29, 0.717) is 16.7 Å². The van der Waals surface area contributed by atoms with Gasteiger partial charge < -0.3 is 14.9 Å². The second-order valence-corrected chi connectivity index (χ2v) is 6.92. The summed E-state index contributed by atoms with van der Waals surface area (Å²) in [5.41, 5.74) is 0.427. The van der Waals surface area contributed by atoms with Crippen LogP contribution in [0.4, 0.5) is 0 Å². The summed E-state index contributed by atoms with van der Waals surface area (Å²) in [7, 11) is 0. The van der Waals surface area contributed by atoms with E-state index < -0.39 is 5.72 Å². The van der Waals surface area contributed by atoms with E-state index in [1.54, 1.807) is 12.3 Å². The molecule has 126 valence electrons. The van der Waals surface area contributed by atoms with Crippen molar-refractivity contribution in [3.05, 3.63) is 45.4 Å². The number of hydrogen-bond donors (Lipinski definition) is 3. The van der Waals surface area contributed by atoms with Crippen LogP contribution in [0.5, 0.6) is 5.75 Å². The molecule has 2 atom stereocenters. The highest BCUT2D eigenvalue weighted by Gasteiger charge is 2.26. The van der Waals surface area contributed by atoms with E-state index in [1.165, 1.54) is 11.3 Å². The molecule has 2 unspecified atom stereocenters. The molecule has 2 aromatic rings. The minimum Gasteiger partial charge on any atom is -0.491 e. The Balaban J connectivity index is 1.92. The highest BCUT2D eigenvalue weighted by atomic mass is 35.5. The molecule has 3 N–H and O–H groups in total. The van der Waals surface area contributed by atoms with Crippen LogP contribution in [0.25, 0.3) is 0 Å². The average molecular weight is 357 g/mol. The van der Waals surface area contributed by atoms with Gasteiger partial charge in [0.2, 0.25) is 0 Å². The van der Waals surface area contributed by atoms with Crippen LogP contribution in [0.2, 0.25) is 4.47 Å². The maximum Gasteiger partial charge on any atom is 0.183 e. The number of aliphatic hydroxyl groups is 2. The Morgan fingerprint density at radius 3 is 2.65 bits per heavy atom. The van der Waals surface area contributed by atoms with Crippen LogP contribution >= 0.6 is 22.9 Å². The normalized spacial score (nSPS) is 15.2. The number of thiazole rings is 1. The van der Waals surface area contributed by atoms with Gasteiger partial charge in [-0.2, -0.15) is 0 Å². The quantitative estimate of drug-likeness (QED) is 0.634. The second-order valence-electron chi connectivity index (χ2n) is 5.48. The van der Waals surface area contributed by atoms with Crippen LogP contribution in [0.1, 0.15) is 31.0 Å². The van der Waals surface area contributed by atoms with Gasteiger partial charge in [-0.1, -0.05) is 30.7 Å². The monoisotopic (exact) mass is 356 g/mol. The van der Waals surface area contributed by atoms with E-state index in [4.69, 9.17) is 21.4 Å². The number of aliphatic hydroxyl groups excluding tert-OH is 1. The molecule has 0 aliphatic rings. The predicted molar refractivity (Wildman–Crippen MR) is 92.1 cm³/mol. The lowest BCUT2D eigenvalue weighted by atomic mass is 10.0. The molecule has 0 aliphatic carbocycles. The third-order valence-corrected chi connectivity index (χ3v) is 4.52. The summed E-state index contributed by atoms with van der Waals surface area (Å²) < 4.78 is 5.75. The molecule has 0 fully saturated rings. The van der Waals surface area contributed by atoms with Gasteiger partial charge in [0, 0.05) is 11.9 Å². The largest absolute Gasteiger partial charge is 0.491 e. The molecule has 0 radical (unpaired) electrons. The SMILES string of the molecule is CC(CNC(C)(O)c1csc(Cl)n1)c1ccc(OCCO)cc1. The Bertz CT molecular complexity index is 616. The lowest BCUT2D eigenvalue weighted by Gasteiger charge is -2.25. The smallest absolute Gasteiger partial charge is 0.183 e. The van der Waals surface area contributed by atoms with Crippen molar-refractivity contribution >= 4 is 22.9 Å². The van der Waals surface area contributed by atoms with Crippen molar-refractivity contribution in [2.24, 2.45) is 0 Å². The van der Waals surface area contributed by atoms with Gasteiger partial charge in [0.25, 0.3) is 0 Å². The maximum atomic E-state index is 10.5. The number of hydrogen-bond acceptors (Lipinski definition) is 6. The standard InChI is InChI=1S/C16H21ClN2O3S/c1-11(12-3-5-13(6-4-12)22-8-7-20)9-18-16(2,21)14-10-23-15(17)19-14/h3-6,10-11,18,20-21H,7-9H2,1-2H3. The molecule has 0 bridgehead atoms. The number of nitrogens with one attached hydrogen (secondary N) is 1. The van der Waals surface area contributed by atoms with Gasteiger partial charge in [0.1, 0.15) is 12.4 Å². The minimum atomic E-state index is -1.22. The summed E-state index contributed by atoms with van der Waals surface area (Å²) in [4.78, 5) is 4.11. The molecule has 1 aromatic carbocycles. The molecule has 1 aromatic heterocycles. The van der Waals surface area contributed by atoms with Crippen molar-refractivity contribution in [1.29, 1.82) is 0 Å². The fourth-order valence-corrected chi connectivity index (χ4v) is 2.96. The number of benzene rings is 1. The fourth-order valence-electron chi connectivity index (χ4n) is 2.09. The van der Waals surface area contributed by atoms with Crippen LogP contribution in [-0.2, 0) is 5.72 Å². The summed E-state index contributed by atoms with van der Waals surface area (Å²) in [6.45, 7) is 4.60. The molecule has 5 nitrogen and oxygen atoms in total.